The molecular weight excluding hydrogens is 363 g/mol. The third-order valence-corrected chi connectivity index (χ3v) is 4.78. The second-order valence-electron chi connectivity index (χ2n) is 5.82. The van der Waals surface area contributed by atoms with Gasteiger partial charge in [0.1, 0.15) is 10.8 Å². The van der Waals surface area contributed by atoms with E-state index in [1.54, 1.807) is 18.9 Å². The van der Waals surface area contributed by atoms with Gasteiger partial charge >= 0.3 is 5.97 Å². The highest BCUT2D eigenvalue weighted by molar-refractivity contribution is 6.41. The number of methoxy groups -OCH3 is 1. The first-order chi connectivity index (χ1) is 11.8. The van der Waals surface area contributed by atoms with Crippen LogP contribution in [-0.4, -0.2) is 35.0 Å². The van der Waals surface area contributed by atoms with Crippen LogP contribution in [0.3, 0.4) is 0 Å². The molecule has 2 aromatic rings. The quantitative estimate of drug-likeness (QED) is 0.714. The first kappa shape index (κ1) is 19.3. The number of carbonyl (C=O) groups is 2. The summed E-state index contributed by atoms with van der Waals surface area (Å²) >= 11 is 12.1. The van der Waals surface area contributed by atoms with E-state index in [-0.39, 0.29) is 18.4 Å². The van der Waals surface area contributed by atoms with Gasteiger partial charge in [0.15, 0.2) is 0 Å². The van der Waals surface area contributed by atoms with Crippen LogP contribution in [0.2, 0.25) is 10.2 Å². The first-order valence-corrected chi connectivity index (χ1v) is 8.52. The van der Waals surface area contributed by atoms with Crippen LogP contribution >= 0.6 is 23.2 Å². The van der Waals surface area contributed by atoms with E-state index < -0.39 is 5.92 Å². The van der Waals surface area contributed by atoms with Gasteiger partial charge in [-0.05, 0) is 11.6 Å². The summed E-state index contributed by atoms with van der Waals surface area (Å²) in [6, 6.07) is 11.1. The van der Waals surface area contributed by atoms with Crippen LogP contribution in [0.25, 0.3) is 0 Å². The first-order valence-electron chi connectivity index (χ1n) is 7.76. The fraction of sp³-hybridized carbons (Fsp3) is 0.333. The van der Waals surface area contributed by atoms with Gasteiger partial charge in [-0.25, -0.2) is 0 Å². The van der Waals surface area contributed by atoms with E-state index in [1.165, 1.54) is 17.7 Å². The molecule has 0 radical (unpaired) electrons. The minimum Gasteiger partial charge on any atom is -0.469 e. The maximum absolute atomic E-state index is 13.0. The van der Waals surface area contributed by atoms with Gasteiger partial charge in [-0.15, -0.1) is 0 Å². The van der Waals surface area contributed by atoms with Crippen LogP contribution in [0.1, 0.15) is 23.0 Å². The van der Waals surface area contributed by atoms with Crippen LogP contribution < -0.4 is 0 Å². The summed E-state index contributed by atoms with van der Waals surface area (Å²) in [4.78, 5) is 26.4. The van der Waals surface area contributed by atoms with Gasteiger partial charge < -0.3 is 14.2 Å². The maximum atomic E-state index is 13.0. The predicted molar refractivity (Wildman–Crippen MR) is 97.8 cm³/mol. The average Bonchev–Trinajstić information content (AvgIpc) is 2.88. The Morgan fingerprint density at radius 3 is 2.40 bits per heavy atom. The Bertz CT molecular complexity index is 759. The highest BCUT2D eigenvalue weighted by Crippen LogP contribution is 2.26. The van der Waals surface area contributed by atoms with Crippen molar-refractivity contribution in [3.63, 3.8) is 0 Å². The molecule has 25 heavy (non-hydrogen) atoms. The van der Waals surface area contributed by atoms with Crippen molar-refractivity contribution in [2.45, 2.75) is 13.5 Å². The summed E-state index contributed by atoms with van der Waals surface area (Å²) in [5.41, 5.74) is 1.32. The zero-order valence-corrected chi connectivity index (χ0v) is 15.8. The highest BCUT2D eigenvalue weighted by atomic mass is 35.5. The van der Waals surface area contributed by atoms with E-state index in [0.29, 0.717) is 22.4 Å². The van der Waals surface area contributed by atoms with Crippen LogP contribution in [-0.2, 0) is 23.1 Å². The lowest BCUT2D eigenvalue weighted by Gasteiger charge is -2.25. The molecule has 1 aromatic heterocycles. The average molecular weight is 383 g/mol. The van der Waals surface area contributed by atoms with Crippen LogP contribution in [0.15, 0.2) is 36.4 Å². The predicted octanol–water partition coefficient (Wildman–Crippen LogP) is 3.78. The monoisotopic (exact) mass is 382 g/mol. The number of carbonyl (C=O) groups excluding carboxylic acids is 2. The Kier molecular flexibility index (Phi) is 6.51. The molecule has 0 saturated heterocycles. The summed E-state index contributed by atoms with van der Waals surface area (Å²) in [6.45, 7) is 2.31. The van der Waals surface area contributed by atoms with Crippen molar-refractivity contribution in [2.75, 3.05) is 13.7 Å². The van der Waals surface area contributed by atoms with Crippen molar-refractivity contribution in [3.8, 4) is 0 Å². The summed E-state index contributed by atoms with van der Waals surface area (Å²) in [5, 5.41) is 0.610. The minimum atomic E-state index is -0.455. The molecule has 0 bridgehead atoms. The summed E-state index contributed by atoms with van der Waals surface area (Å²) in [6.07, 6.45) is 0. The van der Waals surface area contributed by atoms with Crippen molar-refractivity contribution in [1.82, 2.24) is 9.47 Å². The Hall–Kier alpha value is -1.98. The second-order valence-corrected chi connectivity index (χ2v) is 6.59. The second kappa shape index (κ2) is 8.41. The van der Waals surface area contributed by atoms with Crippen LogP contribution in [0.4, 0.5) is 0 Å². The Morgan fingerprint density at radius 1 is 1.24 bits per heavy atom. The van der Waals surface area contributed by atoms with Crippen LogP contribution in [0, 0.1) is 5.92 Å². The Labute approximate surface area is 157 Å². The van der Waals surface area contributed by atoms with Crippen molar-refractivity contribution in [1.29, 1.82) is 0 Å². The lowest BCUT2D eigenvalue weighted by atomic mass is 10.1. The molecule has 1 amide bonds. The molecule has 0 aliphatic heterocycles. The topological polar surface area (TPSA) is 51.5 Å². The molecular formula is C18H20Cl2N2O3. The molecule has 1 heterocycles. The van der Waals surface area contributed by atoms with Gasteiger partial charge in [0.2, 0.25) is 0 Å². The van der Waals surface area contributed by atoms with Crippen LogP contribution in [0.5, 0.6) is 0 Å². The number of rotatable bonds is 6. The van der Waals surface area contributed by atoms with Crippen molar-refractivity contribution in [3.05, 3.63) is 57.8 Å². The zero-order chi connectivity index (χ0) is 18.6. The van der Waals surface area contributed by atoms with E-state index in [2.05, 4.69) is 0 Å². The molecule has 2 rings (SSSR count). The standard InChI is InChI=1S/C18H20Cl2N2O3/c1-12(18(24)25-3)10-22(11-13-7-5-4-6-8-13)17(23)15-9-14(19)16(20)21(15)2/h4-9,12H,10-11H2,1-3H3. The zero-order valence-electron chi connectivity index (χ0n) is 14.3. The molecule has 0 aliphatic rings. The summed E-state index contributed by atoms with van der Waals surface area (Å²) < 4.78 is 6.31. The van der Waals surface area contributed by atoms with Gasteiger partial charge in [0, 0.05) is 20.1 Å². The van der Waals surface area contributed by atoms with Gasteiger partial charge in [-0.1, -0.05) is 60.5 Å². The lowest BCUT2D eigenvalue weighted by Crippen LogP contribution is -2.37. The number of aromatic nitrogens is 1. The smallest absolute Gasteiger partial charge is 0.310 e. The number of benzene rings is 1. The molecule has 134 valence electrons. The van der Waals surface area contributed by atoms with Gasteiger partial charge in [-0.3, -0.25) is 9.59 Å². The van der Waals surface area contributed by atoms with Gasteiger partial charge in [0.05, 0.1) is 18.1 Å². The van der Waals surface area contributed by atoms with E-state index in [0.717, 1.165) is 5.56 Å². The number of esters is 1. The molecule has 1 unspecified atom stereocenters. The normalized spacial score (nSPS) is 11.9. The van der Waals surface area contributed by atoms with E-state index in [9.17, 15) is 9.59 Å². The molecule has 5 nitrogen and oxygen atoms in total. The van der Waals surface area contributed by atoms with E-state index >= 15 is 0 Å². The molecule has 1 atom stereocenters. The fourth-order valence-corrected chi connectivity index (χ4v) is 2.91. The molecule has 7 heteroatoms. The van der Waals surface area contributed by atoms with Crippen molar-refractivity contribution < 1.29 is 14.3 Å². The molecule has 0 aliphatic carbocycles. The van der Waals surface area contributed by atoms with Gasteiger partial charge in [-0.2, -0.15) is 0 Å². The summed E-state index contributed by atoms with van der Waals surface area (Å²) in [7, 11) is 3.00. The van der Waals surface area contributed by atoms with E-state index in [1.807, 2.05) is 30.3 Å². The molecule has 0 spiro atoms. The molecule has 0 saturated carbocycles. The third kappa shape index (κ3) is 4.55. The number of hydrogen-bond acceptors (Lipinski definition) is 3. The van der Waals surface area contributed by atoms with Gasteiger partial charge in [0.25, 0.3) is 5.91 Å². The fourth-order valence-electron chi connectivity index (χ4n) is 2.54. The third-order valence-electron chi connectivity index (χ3n) is 3.94. The number of ether oxygens (including phenoxy) is 1. The Balaban J connectivity index is 2.30. The number of amides is 1. The SMILES string of the molecule is COC(=O)C(C)CN(Cc1ccccc1)C(=O)c1cc(Cl)c(Cl)n1C. The minimum absolute atomic E-state index is 0.223. The number of halogens is 2. The molecule has 0 N–H and O–H groups in total. The van der Waals surface area contributed by atoms with Crippen molar-refractivity contribution in [2.24, 2.45) is 13.0 Å². The largest absolute Gasteiger partial charge is 0.469 e. The van der Waals surface area contributed by atoms with E-state index in [4.69, 9.17) is 27.9 Å². The lowest BCUT2D eigenvalue weighted by molar-refractivity contribution is -0.145. The molecule has 1 aromatic carbocycles. The van der Waals surface area contributed by atoms with Crippen molar-refractivity contribution >= 4 is 35.1 Å². The molecule has 0 fully saturated rings. The summed E-state index contributed by atoms with van der Waals surface area (Å²) in [5.74, 6) is -1.08. The number of nitrogens with zero attached hydrogens (tertiary/aromatic N) is 2. The number of hydrogen-bond donors (Lipinski definition) is 0. The maximum Gasteiger partial charge on any atom is 0.310 e. The Morgan fingerprint density at radius 2 is 1.88 bits per heavy atom. The highest BCUT2D eigenvalue weighted by Gasteiger charge is 2.25.